The molecule has 5 nitrogen and oxygen atoms in total. The normalized spacial score (nSPS) is 10.1. The van der Waals surface area contributed by atoms with Gasteiger partial charge in [-0.1, -0.05) is 23.7 Å². The molecule has 1 aromatic carbocycles. The van der Waals surface area contributed by atoms with Crippen molar-refractivity contribution in [3.63, 3.8) is 0 Å². The average molecular weight is 291 g/mol. The van der Waals surface area contributed by atoms with E-state index in [1.807, 2.05) is 0 Å². The van der Waals surface area contributed by atoms with E-state index in [9.17, 15) is 9.59 Å². The van der Waals surface area contributed by atoms with Gasteiger partial charge >= 0.3 is 5.97 Å². The van der Waals surface area contributed by atoms with E-state index >= 15 is 0 Å². The van der Waals surface area contributed by atoms with Crippen molar-refractivity contribution in [2.75, 3.05) is 0 Å². The molecule has 0 unspecified atom stereocenters. The fourth-order valence-electron chi connectivity index (χ4n) is 1.57. The lowest BCUT2D eigenvalue weighted by atomic mass is 10.2. The van der Waals surface area contributed by atoms with E-state index in [1.54, 1.807) is 30.3 Å². The zero-order valence-corrected chi connectivity index (χ0v) is 11.1. The molecule has 0 fully saturated rings. The number of carbonyl (C=O) groups excluding carboxylic acids is 1. The molecule has 0 saturated heterocycles. The number of aromatic carboxylic acids is 1. The van der Waals surface area contributed by atoms with Crippen LogP contribution in [0.25, 0.3) is 0 Å². The summed E-state index contributed by atoms with van der Waals surface area (Å²) in [5, 5.41) is 11.9. The Morgan fingerprint density at radius 2 is 2.05 bits per heavy atom. The summed E-state index contributed by atoms with van der Waals surface area (Å²) in [7, 11) is 0. The van der Waals surface area contributed by atoms with Crippen molar-refractivity contribution in [3.05, 3.63) is 64.4 Å². The lowest BCUT2D eigenvalue weighted by Crippen LogP contribution is -2.22. The lowest BCUT2D eigenvalue weighted by molar-refractivity contribution is 0.0690. The number of rotatable bonds is 4. The Bertz CT molecular complexity index is 641. The Balaban J connectivity index is 1.98. The van der Waals surface area contributed by atoms with Gasteiger partial charge in [0.05, 0.1) is 0 Å². The Hall–Kier alpha value is -2.40. The minimum atomic E-state index is -1.08. The minimum absolute atomic E-state index is 0.0325. The van der Waals surface area contributed by atoms with Crippen molar-refractivity contribution in [1.29, 1.82) is 0 Å². The van der Waals surface area contributed by atoms with Crippen molar-refractivity contribution >= 4 is 23.5 Å². The van der Waals surface area contributed by atoms with E-state index < -0.39 is 5.97 Å². The van der Waals surface area contributed by atoms with Gasteiger partial charge in [0.1, 0.15) is 5.69 Å². The van der Waals surface area contributed by atoms with Crippen molar-refractivity contribution in [1.82, 2.24) is 10.3 Å². The van der Waals surface area contributed by atoms with Crippen LogP contribution in [-0.4, -0.2) is 22.0 Å². The number of hydrogen-bond donors (Lipinski definition) is 2. The number of nitrogens with zero attached hydrogens (tertiary/aromatic N) is 1. The van der Waals surface area contributed by atoms with Gasteiger partial charge in [-0.15, -0.1) is 0 Å². The molecule has 2 N–H and O–H groups in total. The number of nitrogens with one attached hydrogen (secondary N) is 1. The number of carbonyl (C=O) groups is 2. The molecule has 0 aliphatic heterocycles. The molecular formula is C14H11ClN2O3. The van der Waals surface area contributed by atoms with E-state index in [0.717, 1.165) is 0 Å². The molecule has 0 aliphatic carbocycles. The van der Waals surface area contributed by atoms with E-state index in [-0.39, 0.29) is 18.1 Å². The maximum Gasteiger partial charge on any atom is 0.354 e. The van der Waals surface area contributed by atoms with Gasteiger partial charge in [-0.2, -0.15) is 0 Å². The molecule has 0 atom stereocenters. The zero-order valence-electron chi connectivity index (χ0n) is 10.3. The van der Waals surface area contributed by atoms with E-state index in [2.05, 4.69) is 10.3 Å². The predicted molar refractivity (Wildman–Crippen MR) is 73.8 cm³/mol. The van der Waals surface area contributed by atoms with E-state index in [1.165, 1.54) is 12.3 Å². The molecule has 102 valence electrons. The summed E-state index contributed by atoms with van der Waals surface area (Å²) in [6.07, 6.45) is 1.42. The van der Waals surface area contributed by atoms with Crippen LogP contribution < -0.4 is 5.32 Å². The number of aromatic nitrogens is 1. The smallest absolute Gasteiger partial charge is 0.354 e. The second kappa shape index (κ2) is 6.16. The van der Waals surface area contributed by atoms with Crippen LogP contribution in [0.15, 0.2) is 42.6 Å². The summed E-state index contributed by atoms with van der Waals surface area (Å²) < 4.78 is 0. The maximum atomic E-state index is 11.9. The highest BCUT2D eigenvalue weighted by molar-refractivity contribution is 6.30. The van der Waals surface area contributed by atoms with Crippen LogP contribution in [0.1, 0.15) is 26.4 Å². The van der Waals surface area contributed by atoms with Crippen LogP contribution in [0.2, 0.25) is 5.02 Å². The topological polar surface area (TPSA) is 79.3 Å². The third kappa shape index (κ3) is 3.55. The summed E-state index contributed by atoms with van der Waals surface area (Å²) in [4.78, 5) is 26.3. The molecule has 1 heterocycles. The van der Waals surface area contributed by atoms with Gasteiger partial charge in [-0.05, 0) is 29.8 Å². The minimum Gasteiger partial charge on any atom is -0.477 e. The third-order valence-electron chi connectivity index (χ3n) is 2.58. The molecule has 2 rings (SSSR count). The Labute approximate surface area is 120 Å². The van der Waals surface area contributed by atoms with Crippen molar-refractivity contribution in [2.24, 2.45) is 0 Å². The van der Waals surface area contributed by atoms with Crippen LogP contribution in [0.5, 0.6) is 0 Å². The number of halogens is 1. The first-order valence-electron chi connectivity index (χ1n) is 5.78. The van der Waals surface area contributed by atoms with E-state index in [0.29, 0.717) is 16.1 Å². The highest BCUT2D eigenvalue weighted by atomic mass is 35.5. The number of carboxylic acids is 1. The molecule has 0 radical (unpaired) electrons. The van der Waals surface area contributed by atoms with Crippen LogP contribution in [0.3, 0.4) is 0 Å². The van der Waals surface area contributed by atoms with Crippen molar-refractivity contribution < 1.29 is 14.7 Å². The first-order valence-corrected chi connectivity index (χ1v) is 6.16. The lowest BCUT2D eigenvalue weighted by Gasteiger charge is -2.05. The zero-order chi connectivity index (χ0) is 14.5. The molecule has 0 bridgehead atoms. The third-order valence-corrected chi connectivity index (χ3v) is 2.82. The molecule has 1 aromatic heterocycles. The molecule has 1 amide bonds. The standard InChI is InChI=1S/C14H11ClN2O3/c15-11-3-1-2-10(6-11)13(18)17-8-9-4-5-12(14(19)20)16-7-9/h1-7H,8H2,(H,17,18)(H,19,20). The number of benzene rings is 1. The average Bonchev–Trinajstić information content (AvgIpc) is 2.45. The SMILES string of the molecule is O=C(NCc1ccc(C(=O)O)nc1)c1cccc(Cl)c1. The summed E-state index contributed by atoms with van der Waals surface area (Å²) >= 11 is 5.81. The Morgan fingerprint density at radius 3 is 2.65 bits per heavy atom. The first kappa shape index (κ1) is 14.0. The highest BCUT2D eigenvalue weighted by Gasteiger charge is 2.07. The van der Waals surface area contributed by atoms with Gasteiger partial charge < -0.3 is 10.4 Å². The van der Waals surface area contributed by atoms with Gasteiger partial charge in [0.2, 0.25) is 0 Å². The van der Waals surface area contributed by atoms with Crippen LogP contribution in [-0.2, 0) is 6.54 Å². The van der Waals surface area contributed by atoms with Gasteiger partial charge in [-0.25, -0.2) is 9.78 Å². The molecule has 2 aromatic rings. The molecule has 6 heteroatoms. The number of hydrogen-bond acceptors (Lipinski definition) is 3. The second-order valence-electron chi connectivity index (χ2n) is 4.05. The van der Waals surface area contributed by atoms with Crippen molar-refractivity contribution in [2.45, 2.75) is 6.54 Å². The predicted octanol–water partition coefficient (Wildman–Crippen LogP) is 2.36. The molecule has 0 saturated carbocycles. The van der Waals surface area contributed by atoms with Gasteiger partial charge in [0, 0.05) is 23.3 Å². The molecule has 0 spiro atoms. The Morgan fingerprint density at radius 1 is 1.25 bits per heavy atom. The monoisotopic (exact) mass is 290 g/mol. The molecule has 0 aliphatic rings. The number of amides is 1. The van der Waals surface area contributed by atoms with Crippen LogP contribution in [0, 0.1) is 0 Å². The Kier molecular flexibility index (Phi) is 4.32. The van der Waals surface area contributed by atoms with Gasteiger partial charge in [0.15, 0.2) is 0 Å². The van der Waals surface area contributed by atoms with Gasteiger partial charge in [0.25, 0.3) is 5.91 Å². The highest BCUT2D eigenvalue weighted by Crippen LogP contribution is 2.10. The largest absolute Gasteiger partial charge is 0.477 e. The van der Waals surface area contributed by atoms with Crippen LogP contribution in [0.4, 0.5) is 0 Å². The quantitative estimate of drug-likeness (QED) is 0.906. The summed E-state index contributed by atoms with van der Waals surface area (Å²) in [5.74, 6) is -1.34. The molecular weight excluding hydrogens is 280 g/mol. The van der Waals surface area contributed by atoms with Gasteiger partial charge in [-0.3, -0.25) is 4.79 Å². The number of pyridine rings is 1. The number of carboxylic acid groups (broad SMARTS) is 1. The van der Waals surface area contributed by atoms with Crippen molar-refractivity contribution in [3.8, 4) is 0 Å². The second-order valence-corrected chi connectivity index (χ2v) is 4.49. The van der Waals surface area contributed by atoms with Crippen LogP contribution >= 0.6 is 11.6 Å². The fraction of sp³-hybridized carbons (Fsp3) is 0.0714. The first-order chi connectivity index (χ1) is 9.56. The maximum absolute atomic E-state index is 11.9. The molecule has 20 heavy (non-hydrogen) atoms. The summed E-state index contributed by atoms with van der Waals surface area (Å²) in [5.41, 5.74) is 1.15. The summed E-state index contributed by atoms with van der Waals surface area (Å²) in [6.45, 7) is 0.262. The fourth-order valence-corrected chi connectivity index (χ4v) is 1.76. The van der Waals surface area contributed by atoms with E-state index in [4.69, 9.17) is 16.7 Å². The summed E-state index contributed by atoms with van der Waals surface area (Å²) in [6, 6.07) is 9.61.